The van der Waals surface area contributed by atoms with Crippen LogP contribution < -0.4 is 5.32 Å². The molecule has 1 aromatic rings. The van der Waals surface area contributed by atoms with Crippen molar-refractivity contribution in [3.63, 3.8) is 0 Å². The highest BCUT2D eigenvalue weighted by Gasteiger charge is 2.06. The third-order valence-corrected chi connectivity index (χ3v) is 1.77. The summed E-state index contributed by atoms with van der Waals surface area (Å²) in [6.07, 6.45) is 1.46. The van der Waals surface area contributed by atoms with Gasteiger partial charge in [0.2, 0.25) is 5.91 Å². The summed E-state index contributed by atoms with van der Waals surface area (Å²) < 4.78 is 1.44. The van der Waals surface area contributed by atoms with Gasteiger partial charge in [-0.05, 0) is 6.92 Å². The molecule has 7 nitrogen and oxygen atoms in total. The number of carbonyl (C=O) groups excluding carboxylic acids is 1. The molecule has 1 aromatic heterocycles. The molecule has 0 saturated heterocycles. The molecule has 1 heterocycles. The van der Waals surface area contributed by atoms with Crippen molar-refractivity contribution in [2.24, 2.45) is 0 Å². The largest absolute Gasteiger partial charge is 0.481 e. The van der Waals surface area contributed by atoms with E-state index in [2.05, 4.69) is 15.6 Å². The van der Waals surface area contributed by atoms with Crippen LogP contribution in [-0.2, 0) is 16.1 Å². The summed E-state index contributed by atoms with van der Waals surface area (Å²) in [5, 5.41) is 18.1. The van der Waals surface area contributed by atoms with Gasteiger partial charge in [-0.25, -0.2) is 4.68 Å². The van der Waals surface area contributed by atoms with Crippen molar-refractivity contribution < 1.29 is 14.7 Å². The lowest BCUT2D eigenvalue weighted by atomic mass is 10.4. The quantitative estimate of drug-likeness (QED) is 0.664. The summed E-state index contributed by atoms with van der Waals surface area (Å²) in [6, 6.07) is 0. The number of nitrogens with one attached hydrogen (secondary N) is 1. The molecule has 0 atom stereocenters. The molecule has 15 heavy (non-hydrogen) atoms. The first kappa shape index (κ1) is 11.2. The summed E-state index contributed by atoms with van der Waals surface area (Å²) >= 11 is 0. The smallest absolute Gasteiger partial charge is 0.305 e. The zero-order valence-electron chi connectivity index (χ0n) is 8.30. The highest BCUT2D eigenvalue weighted by molar-refractivity contribution is 5.76. The van der Waals surface area contributed by atoms with Gasteiger partial charge < -0.3 is 10.4 Å². The molecule has 82 valence electrons. The van der Waals surface area contributed by atoms with E-state index < -0.39 is 5.97 Å². The number of carboxylic acids is 1. The molecular weight excluding hydrogens is 200 g/mol. The zero-order valence-corrected chi connectivity index (χ0v) is 8.30. The number of nitrogens with zero attached hydrogens (tertiary/aromatic N) is 3. The maximum absolute atomic E-state index is 11.3. The van der Waals surface area contributed by atoms with Crippen LogP contribution in [0.25, 0.3) is 0 Å². The molecule has 1 amide bonds. The summed E-state index contributed by atoms with van der Waals surface area (Å²) in [4.78, 5) is 21.4. The summed E-state index contributed by atoms with van der Waals surface area (Å²) in [6.45, 7) is 1.97. The predicted octanol–water partition coefficient (Wildman–Crippen LogP) is -0.823. The molecule has 0 aliphatic rings. The first-order valence-electron chi connectivity index (χ1n) is 4.43. The monoisotopic (exact) mass is 212 g/mol. The van der Waals surface area contributed by atoms with E-state index in [0.717, 1.165) is 5.69 Å². The van der Waals surface area contributed by atoms with Gasteiger partial charge in [0.1, 0.15) is 6.54 Å². The van der Waals surface area contributed by atoms with Crippen molar-refractivity contribution in [3.8, 4) is 0 Å². The van der Waals surface area contributed by atoms with Crippen LogP contribution >= 0.6 is 0 Å². The van der Waals surface area contributed by atoms with E-state index >= 15 is 0 Å². The van der Waals surface area contributed by atoms with Gasteiger partial charge in [-0.2, -0.15) is 0 Å². The Morgan fingerprint density at radius 1 is 1.60 bits per heavy atom. The first-order chi connectivity index (χ1) is 7.09. The van der Waals surface area contributed by atoms with E-state index in [4.69, 9.17) is 5.11 Å². The van der Waals surface area contributed by atoms with Crippen LogP contribution in [0.15, 0.2) is 6.20 Å². The van der Waals surface area contributed by atoms with Gasteiger partial charge in [0, 0.05) is 6.54 Å². The molecule has 0 saturated carbocycles. The van der Waals surface area contributed by atoms with Crippen molar-refractivity contribution in [2.45, 2.75) is 19.9 Å². The molecule has 0 aliphatic heterocycles. The van der Waals surface area contributed by atoms with Crippen LogP contribution in [0.2, 0.25) is 0 Å². The minimum Gasteiger partial charge on any atom is -0.481 e. The highest BCUT2D eigenvalue weighted by Crippen LogP contribution is 1.91. The van der Waals surface area contributed by atoms with E-state index in [9.17, 15) is 9.59 Å². The first-order valence-corrected chi connectivity index (χ1v) is 4.43. The van der Waals surface area contributed by atoms with Gasteiger partial charge in [-0.15, -0.1) is 5.10 Å². The van der Waals surface area contributed by atoms with Crippen molar-refractivity contribution in [1.29, 1.82) is 0 Å². The zero-order chi connectivity index (χ0) is 11.3. The van der Waals surface area contributed by atoms with Crippen molar-refractivity contribution in [2.75, 3.05) is 6.54 Å². The number of hydrogen-bond donors (Lipinski definition) is 2. The maximum Gasteiger partial charge on any atom is 0.305 e. The Bertz CT molecular complexity index is 361. The molecule has 0 spiro atoms. The second kappa shape index (κ2) is 5.08. The number of hydrogen-bond acceptors (Lipinski definition) is 4. The summed E-state index contributed by atoms with van der Waals surface area (Å²) in [5.74, 6) is -1.21. The topological polar surface area (TPSA) is 97.1 Å². The van der Waals surface area contributed by atoms with Crippen molar-refractivity contribution >= 4 is 11.9 Å². The molecule has 7 heteroatoms. The second-order valence-corrected chi connectivity index (χ2v) is 3.03. The van der Waals surface area contributed by atoms with Crippen LogP contribution in [-0.4, -0.2) is 38.5 Å². The lowest BCUT2D eigenvalue weighted by Gasteiger charge is -2.04. The van der Waals surface area contributed by atoms with Crippen LogP contribution in [0.3, 0.4) is 0 Å². The van der Waals surface area contributed by atoms with Gasteiger partial charge in [0.05, 0.1) is 18.3 Å². The Kier molecular flexibility index (Phi) is 3.78. The average Bonchev–Trinajstić information content (AvgIpc) is 2.51. The van der Waals surface area contributed by atoms with E-state index in [1.165, 1.54) is 4.68 Å². The fraction of sp³-hybridized carbons (Fsp3) is 0.500. The van der Waals surface area contributed by atoms with E-state index in [-0.39, 0.29) is 25.4 Å². The lowest BCUT2D eigenvalue weighted by molar-refractivity contribution is -0.136. The highest BCUT2D eigenvalue weighted by atomic mass is 16.4. The van der Waals surface area contributed by atoms with Gasteiger partial charge in [-0.1, -0.05) is 5.21 Å². The Morgan fingerprint density at radius 2 is 2.33 bits per heavy atom. The molecule has 1 rings (SSSR count). The Labute approximate surface area is 86.1 Å². The standard InChI is InChI=1S/C8H12N4O3/c1-6-4-10-11-12(6)5-7(13)9-3-2-8(14)15/h4H,2-3,5H2,1H3,(H,9,13)(H,14,15). The lowest BCUT2D eigenvalue weighted by Crippen LogP contribution is -2.30. The molecule has 2 N–H and O–H groups in total. The number of aromatic nitrogens is 3. The summed E-state index contributed by atoms with van der Waals surface area (Å²) in [5.41, 5.74) is 0.781. The number of aryl methyl sites for hydroxylation is 1. The SMILES string of the molecule is Cc1cnnn1CC(=O)NCCC(=O)O. The van der Waals surface area contributed by atoms with Crippen LogP contribution in [0.5, 0.6) is 0 Å². The molecule has 0 fully saturated rings. The van der Waals surface area contributed by atoms with E-state index in [1.807, 2.05) is 0 Å². The van der Waals surface area contributed by atoms with Crippen molar-refractivity contribution in [1.82, 2.24) is 20.3 Å². The molecule has 0 bridgehead atoms. The van der Waals surface area contributed by atoms with Gasteiger partial charge >= 0.3 is 5.97 Å². The number of carbonyl (C=O) groups is 2. The summed E-state index contributed by atoms with van der Waals surface area (Å²) in [7, 11) is 0. The van der Waals surface area contributed by atoms with Gasteiger partial charge in [0.15, 0.2) is 0 Å². The Balaban J connectivity index is 2.31. The van der Waals surface area contributed by atoms with Crippen LogP contribution in [0, 0.1) is 6.92 Å². The number of rotatable bonds is 5. The maximum atomic E-state index is 11.3. The molecule has 0 unspecified atom stereocenters. The number of aliphatic carboxylic acids is 1. The normalized spacial score (nSPS) is 9.93. The Hall–Kier alpha value is -1.92. The molecule has 0 radical (unpaired) electrons. The number of amides is 1. The average molecular weight is 212 g/mol. The fourth-order valence-electron chi connectivity index (χ4n) is 0.966. The van der Waals surface area contributed by atoms with Gasteiger partial charge in [-0.3, -0.25) is 9.59 Å². The molecule has 0 aliphatic carbocycles. The van der Waals surface area contributed by atoms with Gasteiger partial charge in [0.25, 0.3) is 0 Å². The molecule has 0 aromatic carbocycles. The predicted molar refractivity (Wildman–Crippen MR) is 50.0 cm³/mol. The number of carboxylic acid groups (broad SMARTS) is 1. The Morgan fingerprint density at radius 3 is 2.87 bits per heavy atom. The van der Waals surface area contributed by atoms with E-state index in [1.54, 1.807) is 13.1 Å². The van der Waals surface area contributed by atoms with Crippen LogP contribution in [0.4, 0.5) is 0 Å². The van der Waals surface area contributed by atoms with Crippen LogP contribution in [0.1, 0.15) is 12.1 Å². The third-order valence-electron chi connectivity index (χ3n) is 1.77. The van der Waals surface area contributed by atoms with Crippen molar-refractivity contribution in [3.05, 3.63) is 11.9 Å². The fourth-order valence-corrected chi connectivity index (χ4v) is 0.966. The minimum atomic E-state index is -0.938. The minimum absolute atomic E-state index is 0.0610. The second-order valence-electron chi connectivity index (χ2n) is 3.03. The van der Waals surface area contributed by atoms with E-state index in [0.29, 0.717) is 0 Å². The third kappa shape index (κ3) is 3.75. The molecular formula is C8H12N4O3.